The van der Waals surface area contributed by atoms with Crippen LogP contribution in [0.3, 0.4) is 0 Å². The Morgan fingerprint density at radius 3 is 2.18 bits per heavy atom. The smallest absolute Gasteiger partial charge is 0.150 e. The number of carbonyl (C=O) groups is 1. The molecular weight excluding hydrogens is 208 g/mol. The molecule has 0 saturated heterocycles. The van der Waals surface area contributed by atoms with Crippen molar-refractivity contribution in [1.82, 2.24) is 0 Å². The molecule has 0 atom stereocenters. The number of aldehydes is 1. The van der Waals surface area contributed by atoms with Crippen LogP contribution in [0, 0.1) is 20.8 Å². The van der Waals surface area contributed by atoms with Crippen LogP contribution in [0.15, 0.2) is 36.4 Å². The molecule has 0 heterocycles. The minimum Gasteiger partial charge on any atom is -0.298 e. The van der Waals surface area contributed by atoms with Gasteiger partial charge in [0.25, 0.3) is 0 Å². The summed E-state index contributed by atoms with van der Waals surface area (Å²) < 4.78 is 0. The van der Waals surface area contributed by atoms with Gasteiger partial charge in [-0.1, -0.05) is 36.4 Å². The van der Waals surface area contributed by atoms with Crippen molar-refractivity contribution in [3.63, 3.8) is 0 Å². The first-order valence-electron chi connectivity index (χ1n) is 5.76. The molecule has 0 spiro atoms. The summed E-state index contributed by atoms with van der Waals surface area (Å²) in [6.07, 6.45) is 0.955. The number of benzene rings is 2. The molecule has 2 aromatic carbocycles. The first kappa shape index (κ1) is 11.6. The van der Waals surface area contributed by atoms with Gasteiger partial charge in [0.05, 0.1) is 0 Å². The fourth-order valence-corrected chi connectivity index (χ4v) is 2.43. The highest BCUT2D eigenvalue weighted by atomic mass is 16.1. The third-order valence-electron chi connectivity index (χ3n) is 3.21. The number of aryl methyl sites for hydroxylation is 2. The molecule has 0 bridgehead atoms. The first-order valence-corrected chi connectivity index (χ1v) is 5.76. The predicted octanol–water partition coefficient (Wildman–Crippen LogP) is 4.09. The van der Waals surface area contributed by atoms with Gasteiger partial charge >= 0.3 is 0 Å². The second kappa shape index (κ2) is 4.54. The van der Waals surface area contributed by atoms with E-state index in [0.717, 1.165) is 23.0 Å². The van der Waals surface area contributed by atoms with Crippen LogP contribution in [0.5, 0.6) is 0 Å². The van der Waals surface area contributed by atoms with Crippen molar-refractivity contribution in [1.29, 1.82) is 0 Å². The molecular formula is C16H16O. The molecule has 0 saturated carbocycles. The van der Waals surface area contributed by atoms with E-state index in [1.807, 2.05) is 32.0 Å². The summed E-state index contributed by atoms with van der Waals surface area (Å²) in [5, 5.41) is 0. The fourth-order valence-electron chi connectivity index (χ4n) is 2.43. The minimum atomic E-state index is 0.814. The Morgan fingerprint density at radius 1 is 0.941 bits per heavy atom. The van der Waals surface area contributed by atoms with E-state index in [0.29, 0.717) is 0 Å². The van der Waals surface area contributed by atoms with E-state index in [2.05, 4.69) is 25.1 Å². The third kappa shape index (κ3) is 2.01. The molecule has 2 rings (SSSR count). The fraction of sp³-hybridized carbons (Fsp3) is 0.188. The molecule has 0 unspecified atom stereocenters. The summed E-state index contributed by atoms with van der Waals surface area (Å²) in [7, 11) is 0. The summed E-state index contributed by atoms with van der Waals surface area (Å²) in [4.78, 5) is 11.1. The van der Waals surface area contributed by atoms with Crippen LogP contribution in [0.25, 0.3) is 11.1 Å². The summed E-state index contributed by atoms with van der Waals surface area (Å²) in [5.41, 5.74) is 6.51. The quantitative estimate of drug-likeness (QED) is 0.702. The van der Waals surface area contributed by atoms with Crippen molar-refractivity contribution < 1.29 is 4.79 Å². The largest absolute Gasteiger partial charge is 0.298 e. The SMILES string of the molecule is Cc1cc(C)c(-c2ccccc2)c(C)c1C=O. The Morgan fingerprint density at radius 2 is 1.59 bits per heavy atom. The van der Waals surface area contributed by atoms with E-state index in [-0.39, 0.29) is 0 Å². The Hall–Kier alpha value is -1.89. The van der Waals surface area contributed by atoms with E-state index in [1.54, 1.807) is 0 Å². The molecule has 0 N–H and O–H groups in total. The third-order valence-corrected chi connectivity index (χ3v) is 3.21. The van der Waals surface area contributed by atoms with Crippen LogP contribution in [-0.2, 0) is 0 Å². The number of rotatable bonds is 2. The van der Waals surface area contributed by atoms with E-state index in [1.165, 1.54) is 16.7 Å². The second-order valence-corrected chi connectivity index (χ2v) is 4.41. The molecule has 17 heavy (non-hydrogen) atoms. The number of hydrogen-bond acceptors (Lipinski definition) is 1. The molecule has 0 radical (unpaired) electrons. The van der Waals surface area contributed by atoms with Crippen LogP contribution < -0.4 is 0 Å². The maximum Gasteiger partial charge on any atom is 0.150 e. The van der Waals surface area contributed by atoms with Crippen LogP contribution in [-0.4, -0.2) is 6.29 Å². The number of carbonyl (C=O) groups excluding carboxylic acids is 1. The van der Waals surface area contributed by atoms with Gasteiger partial charge in [-0.15, -0.1) is 0 Å². The van der Waals surface area contributed by atoms with Crippen LogP contribution >= 0.6 is 0 Å². The van der Waals surface area contributed by atoms with E-state index >= 15 is 0 Å². The average Bonchev–Trinajstić information content (AvgIpc) is 2.30. The maximum absolute atomic E-state index is 11.1. The lowest BCUT2D eigenvalue weighted by Crippen LogP contribution is -1.97. The van der Waals surface area contributed by atoms with Crippen LogP contribution in [0.1, 0.15) is 27.0 Å². The van der Waals surface area contributed by atoms with Gasteiger partial charge in [-0.3, -0.25) is 4.79 Å². The molecule has 0 amide bonds. The van der Waals surface area contributed by atoms with E-state index in [9.17, 15) is 4.79 Å². The van der Waals surface area contributed by atoms with Crippen molar-refractivity contribution in [2.24, 2.45) is 0 Å². The number of hydrogen-bond donors (Lipinski definition) is 0. The highest BCUT2D eigenvalue weighted by molar-refractivity contribution is 5.86. The Bertz CT molecular complexity index is 553. The summed E-state index contributed by atoms with van der Waals surface area (Å²) in [6.45, 7) is 6.10. The molecule has 1 nitrogen and oxygen atoms in total. The molecule has 0 aliphatic heterocycles. The standard InChI is InChI=1S/C16H16O/c1-11-9-12(2)16(13(3)15(11)10-17)14-7-5-4-6-8-14/h4-10H,1-3H3. The zero-order chi connectivity index (χ0) is 12.4. The summed E-state index contributed by atoms with van der Waals surface area (Å²) >= 11 is 0. The van der Waals surface area contributed by atoms with Crippen molar-refractivity contribution in [3.05, 3.63) is 58.7 Å². The molecule has 86 valence electrons. The Balaban J connectivity index is 2.74. The average molecular weight is 224 g/mol. The predicted molar refractivity (Wildman–Crippen MR) is 71.5 cm³/mol. The molecule has 1 heteroatoms. The van der Waals surface area contributed by atoms with Crippen molar-refractivity contribution in [2.75, 3.05) is 0 Å². The first-order chi connectivity index (χ1) is 8.15. The summed E-state index contributed by atoms with van der Waals surface area (Å²) in [5.74, 6) is 0. The highest BCUT2D eigenvalue weighted by Gasteiger charge is 2.11. The highest BCUT2D eigenvalue weighted by Crippen LogP contribution is 2.30. The summed E-state index contributed by atoms with van der Waals surface area (Å²) in [6, 6.07) is 12.3. The monoisotopic (exact) mass is 224 g/mol. The van der Waals surface area contributed by atoms with Gasteiger partial charge in [0.2, 0.25) is 0 Å². The lowest BCUT2D eigenvalue weighted by Gasteiger charge is -2.14. The van der Waals surface area contributed by atoms with Gasteiger partial charge in [0, 0.05) is 5.56 Å². The Kier molecular flexibility index (Phi) is 3.10. The van der Waals surface area contributed by atoms with Gasteiger partial charge in [0.15, 0.2) is 6.29 Å². The minimum absolute atomic E-state index is 0.814. The molecule has 0 aliphatic carbocycles. The van der Waals surface area contributed by atoms with Gasteiger partial charge in [-0.05, 0) is 48.6 Å². The van der Waals surface area contributed by atoms with E-state index < -0.39 is 0 Å². The van der Waals surface area contributed by atoms with E-state index in [4.69, 9.17) is 0 Å². The lowest BCUT2D eigenvalue weighted by molar-refractivity contribution is 0.112. The zero-order valence-electron chi connectivity index (χ0n) is 10.4. The van der Waals surface area contributed by atoms with Gasteiger partial charge < -0.3 is 0 Å². The normalized spacial score (nSPS) is 10.3. The van der Waals surface area contributed by atoms with Crippen LogP contribution in [0.4, 0.5) is 0 Å². The zero-order valence-corrected chi connectivity index (χ0v) is 10.4. The van der Waals surface area contributed by atoms with Crippen molar-refractivity contribution in [2.45, 2.75) is 20.8 Å². The second-order valence-electron chi connectivity index (χ2n) is 4.41. The Labute approximate surface area is 102 Å². The lowest BCUT2D eigenvalue weighted by atomic mass is 9.90. The topological polar surface area (TPSA) is 17.1 Å². The van der Waals surface area contributed by atoms with Gasteiger partial charge in [-0.2, -0.15) is 0 Å². The molecule has 0 fully saturated rings. The van der Waals surface area contributed by atoms with Crippen LogP contribution in [0.2, 0.25) is 0 Å². The van der Waals surface area contributed by atoms with Crippen molar-refractivity contribution in [3.8, 4) is 11.1 Å². The molecule has 2 aromatic rings. The van der Waals surface area contributed by atoms with Gasteiger partial charge in [-0.25, -0.2) is 0 Å². The molecule has 0 aromatic heterocycles. The molecule has 0 aliphatic rings. The maximum atomic E-state index is 11.1. The van der Waals surface area contributed by atoms with Gasteiger partial charge in [0.1, 0.15) is 0 Å². The van der Waals surface area contributed by atoms with Crippen molar-refractivity contribution >= 4 is 6.29 Å².